The van der Waals surface area contributed by atoms with Crippen LogP contribution >= 0.6 is 12.2 Å². The molecule has 1 fully saturated rings. The molecular formula is C12H24N2OS. The molecule has 3 nitrogen and oxygen atoms in total. The van der Waals surface area contributed by atoms with Gasteiger partial charge in [0.2, 0.25) is 0 Å². The van der Waals surface area contributed by atoms with Crippen LogP contribution in [0.25, 0.3) is 0 Å². The molecule has 1 aliphatic rings. The first-order chi connectivity index (χ1) is 7.83. The van der Waals surface area contributed by atoms with Crippen molar-refractivity contribution in [2.45, 2.75) is 51.0 Å². The van der Waals surface area contributed by atoms with E-state index in [1.54, 1.807) is 7.11 Å². The Morgan fingerprint density at radius 1 is 1.19 bits per heavy atom. The Labute approximate surface area is 104 Å². The van der Waals surface area contributed by atoms with E-state index in [0.717, 1.165) is 11.7 Å². The molecule has 0 unspecified atom stereocenters. The molecule has 0 aromatic heterocycles. The standard InChI is InChI=1S/C12H24N2OS/c1-15-10-9-13-12(16)14-11-7-5-3-2-4-6-8-11/h11H,2-10H2,1H3,(H2,13,14,16). The molecule has 94 valence electrons. The van der Waals surface area contributed by atoms with Crippen LogP contribution in [0.3, 0.4) is 0 Å². The highest BCUT2D eigenvalue weighted by Gasteiger charge is 2.11. The predicted molar refractivity (Wildman–Crippen MR) is 71.7 cm³/mol. The highest BCUT2D eigenvalue weighted by molar-refractivity contribution is 7.80. The zero-order valence-electron chi connectivity index (χ0n) is 10.3. The van der Waals surface area contributed by atoms with E-state index in [1.165, 1.54) is 44.9 Å². The van der Waals surface area contributed by atoms with Crippen LogP contribution in [0.4, 0.5) is 0 Å². The maximum atomic E-state index is 5.25. The third-order valence-electron chi connectivity index (χ3n) is 3.03. The number of hydrogen-bond donors (Lipinski definition) is 2. The molecule has 1 rings (SSSR count). The summed E-state index contributed by atoms with van der Waals surface area (Å²) in [5, 5.41) is 7.35. The fourth-order valence-corrected chi connectivity index (χ4v) is 2.37. The minimum Gasteiger partial charge on any atom is -0.383 e. The average Bonchev–Trinajstić information content (AvgIpc) is 2.22. The van der Waals surface area contributed by atoms with E-state index in [0.29, 0.717) is 12.6 Å². The lowest BCUT2D eigenvalue weighted by Crippen LogP contribution is -2.43. The van der Waals surface area contributed by atoms with Gasteiger partial charge in [0.25, 0.3) is 0 Å². The van der Waals surface area contributed by atoms with E-state index in [2.05, 4.69) is 10.6 Å². The van der Waals surface area contributed by atoms with Gasteiger partial charge in [-0.05, 0) is 25.1 Å². The summed E-state index contributed by atoms with van der Waals surface area (Å²) in [4.78, 5) is 0. The maximum Gasteiger partial charge on any atom is 0.166 e. The van der Waals surface area contributed by atoms with Crippen molar-refractivity contribution < 1.29 is 4.74 Å². The zero-order chi connectivity index (χ0) is 11.6. The van der Waals surface area contributed by atoms with Gasteiger partial charge >= 0.3 is 0 Å². The second-order valence-corrected chi connectivity index (χ2v) is 4.84. The predicted octanol–water partition coefficient (Wildman–Crippen LogP) is 2.21. The van der Waals surface area contributed by atoms with E-state index in [-0.39, 0.29) is 0 Å². The van der Waals surface area contributed by atoms with Crippen LogP contribution in [0.5, 0.6) is 0 Å². The number of methoxy groups -OCH3 is 1. The van der Waals surface area contributed by atoms with Gasteiger partial charge in [-0.2, -0.15) is 0 Å². The van der Waals surface area contributed by atoms with E-state index in [4.69, 9.17) is 17.0 Å². The largest absolute Gasteiger partial charge is 0.383 e. The third kappa shape index (κ3) is 6.28. The maximum absolute atomic E-state index is 5.25. The molecule has 0 bridgehead atoms. The minimum atomic E-state index is 0.572. The summed E-state index contributed by atoms with van der Waals surface area (Å²) in [6.45, 7) is 1.49. The van der Waals surface area contributed by atoms with E-state index < -0.39 is 0 Å². The van der Waals surface area contributed by atoms with Gasteiger partial charge in [0, 0.05) is 19.7 Å². The second-order valence-electron chi connectivity index (χ2n) is 4.44. The molecule has 0 aromatic rings. The van der Waals surface area contributed by atoms with E-state index >= 15 is 0 Å². The van der Waals surface area contributed by atoms with Crippen LogP contribution in [-0.2, 0) is 4.74 Å². The van der Waals surface area contributed by atoms with Crippen LogP contribution in [0.15, 0.2) is 0 Å². The average molecular weight is 244 g/mol. The van der Waals surface area contributed by atoms with Crippen molar-refractivity contribution in [3.05, 3.63) is 0 Å². The minimum absolute atomic E-state index is 0.572. The molecule has 0 aromatic carbocycles. The highest BCUT2D eigenvalue weighted by atomic mass is 32.1. The van der Waals surface area contributed by atoms with Gasteiger partial charge in [-0.15, -0.1) is 0 Å². The number of ether oxygens (including phenoxy) is 1. The monoisotopic (exact) mass is 244 g/mol. The van der Waals surface area contributed by atoms with E-state index in [9.17, 15) is 0 Å². The lowest BCUT2D eigenvalue weighted by molar-refractivity contribution is 0.203. The van der Waals surface area contributed by atoms with Crippen molar-refractivity contribution in [3.8, 4) is 0 Å². The summed E-state index contributed by atoms with van der Waals surface area (Å²) in [6, 6.07) is 0.572. The van der Waals surface area contributed by atoms with Crippen LogP contribution in [0.2, 0.25) is 0 Å². The number of rotatable bonds is 4. The molecule has 1 saturated carbocycles. The molecular weight excluding hydrogens is 220 g/mol. The Balaban J connectivity index is 2.14. The van der Waals surface area contributed by atoms with Crippen LogP contribution < -0.4 is 10.6 Å². The smallest absolute Gasteiger partial charge is 0.166 e. The fraction of sp³-hybridized carbons (Fsp3) is 0.917. The van der Waals surface area contributed by atoms with Gasteiger partial charge in [-0.3, -0.25) is 0 Å². The Morgan fingerprint density at radius 3 is 2.44 bits per heavy atom. The Bertz CT molecular complexity index is 191. The molecule has 0 amide bonds. The lowest BCUT2D eigenvalue weighted by Gasteiger charge is -2.22. The van der Waals surface area contributed by atoms with Gasteiger partial charge in [-0.1, -0.05) is 32.1 Å². The van der Waals surface area contributed by atoms with Crippen molar-refractivity contribution in [2.75, 3.05) is 20.3 Å². The third-order valence-corrected chi connectivity index (χ3v) is 3.29. The fourth-order valence-electron chi connectivity index (χ4n) is 2.10. The summed E-state index contributed by atoms with van der Waals surface area (Å²) in [5.41, 5.74) is 0. The molecule has 0 radical (unpaired) electrons. The van der Waals surface area contributed by atoms with Crippen LogP contribution in [0, 0.1) is 0 Å². The van der Waals surface area contributed by atoms with Crippen molar-refractivity contribution in [3.63, 3.8) is 0 Å². The molecule has 16 heavy (non-hydrogen) atoms. The Morgan fingerprint density at radius 2 is 1.81 bits per heavy atom. The first-order valence-corrected chi connectivity index (χ1v) is 6.77. The SMILES string of the molecule is COCCNC(=S)NC1CCCCCCC1. The van der Waals surface area contributed by atoms with Crippen molar-refractivity contribution in [2.24, 2.45) is 0 Å². The molecule has 0 atom stereocenters. The second kappa shape index (κ2) is 8.76. The van der Waals surface area contributed by atoms with Gasteiger partial charge in [0.05, 0.1) is 6.61 Å². The first kappa shape index (κ1) is 13.7. The topological polar surface area (TPSA) is 33.3 Å². The number of nitrogens with one attached hydrogen (secondary N) is 2. The van der Waals surface area contributed by atoms with Crippen LogP contribution in [-0.4, -0.2) is 31.4 Å². The summed E-state index contributed by atoms with van der Waals surface area (Å²) in [7, 11) is 1.70. The summed E-state index contributed by atoms with van der Waals surface area (Å²) in [5.74, 6) is 0. The van der Waals surface area contributed by atoms with Gasteiger partial charge < -0.3 is 15.4 Å². The summed E-state index contributed by atoms with van der Waals surface area (Å²) in [6.07, 6.45) is 9.34. The Hall–Kier alpha value is -0.350. The van der Waals surface area contributed by atoms with E-state index in [1.807, 2.05) is 0 Å². The quantitative estimate of drug-likeness (QED) is 0.587. The van der Waals surface area contributed by atoms with Gasteiger partial charge in [-0.25, -0.2) is 0 Å². The molecule has 0 aliphatic heterocycles. The molecule has 0 heterocycles. The van der Waals surface area contributed by atoms with Gasteiger partial charge in [0.1, 0.15) is 0 Å². The lowest BCUT2D eigenvalue weighted by atomic mass is 9.97. The van der Waals surface area contributed by atoms with Crippen molar-refractivity contribution >= 4 is 17.3 Å². The molecule has 0 spiro atoms. The molecule has 0 saturated heterocycles. The van der Waals surface area contributed by atoms with Gasteiger partial charge in [0.15, 0.2) is 5.11 Å². The molecule has 2 N–H and O–H groups in total. The summed E-state index contributed by atoms with van der Waals surface area (Å²) >= 11 is 5.25. The molecule has 4 heteroatoms. The van der Waals surface area contributed by atoms with Crippen LogP contribution in [0.1, 0.15) is 44.9 Å². The normalized spacial score (nSPS) is 18.6. The first-order valence-electron chi connectivity index (χ1n) is 6.36. The molecule has 1 aliphatic carbocycles. The summed E-state index contributed by atoms with van der Waals surface area (Å²) < 4.78 is 4.97. The number of thiocarbonyl (C=S) groups is 1. The van der Waals surface area contributed by atoms with Crippen molar-refractivity contribution in [1.29, 1.82) is 0 Å². The van der Waals surface area contributed by atoms with Crippen molar-refractivity contribution in [1.82, 2.24) is 10.6 Å². The Kier molecular flexibility index (Phi) is 7.51. The number of hydrogen-bond acceptors (Lipinski definition) is 2. The zero-order valence-corrected chi connectivity index (χ0v) is 11.1. The highest BCUT2D eigenvalue weighted by Crippen LogP contribution is 2.16.